The minimum absolute atomic E-state index is 0.246. The van der Waals surface area contributed by atoms with Crippen LogP contribution in [0.25, 0.3) is 33.2 Å². The van der Waals surface area contributed by atoms with Crippen LogP contribution in [-0.2, 0) is 23.0 Å². The molecule has 9 heteroatoms. The second kappa shape index (κ2) is 9.17. The molecule has 3 heterocycles. The molecule has 2 N–H and O–H groups in total. The molecule has 5 rings (SSSR count). The molecule has 1 amide bonds. The minimum Gasteiger partial charge on any atom is -0.461 e. The first-order valence-electron chi connectivity index (χ1n) is 11.2. The third-order valence-electron chi connectivity index (χ3n) is 6.01. The Morgan fingerprint density at radius 1 is 1.21 bits per heavy atom. The predicted octanol–water partition coefficient (Wildman–Crippen LogP) is 2.47. The average molecular weight is 460 g/mol. The first-order valence-corrected chi connectivity index (χ1v) is 11.2. The highest BCUT2D eigenvalue weighted by Gasteiger charge is 2.24. The van der Waals surface area contributed by atoms with Gasteiger partial charge in [-0.15, -0.1) is 0 Å². The maximum atomic E-state index is 12.5. The van der Waals surface area contributed by atoms with Crippen LogP contribution in [-0.4, -0.2) is 42.3 Å². The first kappa shape index (κ1) is 21.9. The van der Waals surface area contributed by atoms with Crippen molar-refractivity contribution in [2.45, 2.75) is 25.0 Å². The third-order valence-corrected chi connectivity index (χ3v) is 6.01. The number of hydrogen-bond donors (Lipinski definition) is 2. The Labute approximate surface area is 194 Å². The van der Waals surface area contributed by atoms with E-state index in [2.05, 4.69) is 16.7 Å². The van der Waals surface area contributed by atoms with Crippen LogP contribution >= 0.6 is 0 Å². The van der Waals surface area contributed by atoms with E-state index < -0.39 is 17.9 Å². The Balaban J connectivity index is 1.34. The van der Waals surface area contributed by atoms with E-state index in [-0.39, 0.29) is 12.3 Å². The fourth-order valence-corrected chi connectivity index (χ4v) is 4.16. The van der Waals surface area contributed by atoms with Crippen LogP contribution in [0.2, 0.25) is 0 Å². The minimum atomic E-state index is -0.732. The van der Waals surface area contributed by atoms with Gasteiger partial charge in [-0.05, 0) is 54.4 Å². The number of nitrogens with zero attached hydrogens (tertiary/aromatic N) is 2. The number of benzene rings is 2. The highest BCUT2D eigenvalue weighted by Crippen LogP contribution is 2.29. The number of carbonyl (C=O) groups excluding carboxylic acids is 1. The molecule has 1 fully saturated rings. The number of aryl methyl sites for hydroxylation is 1. The van der Waals surface area contributed by atoms with Gasteiger partial charge in [0, 0.05) is 32.0 Å². The van der Waals surface area contributed by atoms with Crippen molar-refractivity contribution >= 4 is 28.0 Å². The molecule has 0 bridgehead atoms. The van der Waals surface area contributed by atoms with E-state index in [1.807, 2.05) is 36.4 Å². The number of ether oxygens (including phenoxy) is 1. The molecular formula is C25H24N4O5. The van der Waals surface area contributed by atoms with Gasteiger partial charge < -0.3 is 24.2 Å². The van der Waals surface area contributed by atoms with Gasteiger partial charge in [0.1, 0.15) is 23.5 Å². The fourth-order valence-electron chi connectivity index (χ4n) is 4.16. The Bertz CT molecular complexity index is 1450. The monoisotopic (exact) mass is 460 g/mol. The average Bonchev–Trinajstić information content (AvgIpc) is 3.22. The number of nitriles is 1. The van der Waals surface area contributed by atoms with E-state index in [0.29, 0.717) is 30.1 Å². The van der Waals surface area contributed by atoms with Gasteiger partial charge in [0.25, 0.3) is 5.91 Å². The first-order chi connectivity index (χ1) is 16.5. The lowest BCUT2D eigenvalue weighted by Crippen LogP contribution is -2.46. The van der Waals surface area contributed by atoms with E-state index in [4.69, 9.17) is 13.6 Å². The summed E-state index contributed by atoms with van der Waals surface area (Å²) in [7, 11) is 1.67. The Morgan fingerprint density at radius 3 is 2.82 bits per heavy atom. The normalized spacial score (nSPS) is 17.4. The van der Waals surface area contributed by atoms with E-state index in [1.54, 1.807) is 13.1 Å². The number of fused-ring (bicyclic) bond motifs is 2. The number of carbonyl (C=O) groups is 1. The molecule has 0 aliphatic carbocycles. The summed E-state index contributed by atoms with van der Waals surface area (Å²) in [5.41, 5.74) is 3.84. The van der Waals surface area contributed by atoms with E-state index >= 15 is 0 Å². The van der Waals surface area contributed by atoms with E-state index in [1.165, 1.54) is 4.57 Å². The zero-order valence-electron chi connectivity index (χ0n) is 18.7. The third kappa shape index (κ3) is 4.33. The number of hydrogen-bond acceptors (Lipinski definition) is 7. The molecule has 4 aromatic rings. The largest absolute Gasteiger partial charge is 0.461 e. The van der Waals surface area contributed by atoms with Crippen molar-refractivity contribution in [1.29, 1.82) is 5.26 Å². The van der Waals surface area contributed by atoms with Gasteiger partial charge >= 0.3 is 5.76 Å². The molecule has 1 unspecified atom stereocenters. The van der Waals surface area contributed by atoms with Crippen molar-refractivity contribution in [2.24, 2.45) is 7.05 Å². The summed E-state index contributed by atoms with van der Waals surface area (Å²) in [4.78, 5) is 24.3. The number of oxazole rings is 1. The van der Waals surface area contributed by atoms with Crippen molar-refractivity contribution in [3.05, 3.63) is 58.8 Å². The summed E-state index contributed by atoms with van der Waals surface area (Å²) < 4.78 is 18.2. The van der Waals surface area contributed by atoms with Gasteiger partial charge in [-0.25, -0.2) is 4.79 Å². The van der Waals surface area contributed by atoms with Gasteiger partial charge in [0.2, 0.25) is 0 Å². The molecule has 2 atom stereocenters. The molecule has 1 saturated heterocycles. The summed E-state index contributed by atoms with van der Waals surface area (Å²) in [6, 6.07) is 14.7. The van der Waals surface area contributed by atoms with E-state index in [9.17, 15) is 14.9 Å². The lowest BCUT2D eigenvalue weighted by atomic mass is 10.0. The Kier molecular flexibility index (Phi) is 5.92. The number of furan rings is 1. The molecule has 2 aromatic heterocycles. The molecule has 174 valence electrons. The summed E-state index contributed by atoms with van der Waals surface area (Å²) >= 11 is 0. The molecule has 0 spiro atoms. The van der Waals surface area contributed by atoms with Crippen molar-refractivity contribution in [3.8, 4) is 17.2 Å². The second-order valence-electron chi connectivity index (χ2n) is 8.39. The molecule has 0 saturated carbocycles. The molecular weight excluding hydrogens is 436 g/mol. The zero-order chi connectivity index (χ0) is 23.7. The van der Waals surface area contributed by atoms with Crippen LogP contribution in [0.15, 0.2) is 56.1 Å². The van der Waals surface area contributed by atoms with Crippen molar-refractivity contribution in [2.75, 3.05) is 19.7 Å². The van der Waals surface area contributed by atoms with Crippen LogP contribution in [0.1, 0.15) is 12.2 Å². The molecule has 1 aliphatic rings. The van der Waals surface area contributed by atoms with Crippen LogP contribution in [0.4, 0.5) is 0 Å². The van der Waals surface area contributed by atoms with Crippen LogP contribution in [0.5, 0.6) is 0 Å². The lowest BCUT2D eigenvalue weighted by molar-refractivity contribution is -0.132. The van der Waals surface area contributed by atoms with Crippen LogP contribution in [0, 0.1) is 11.3 Å². The van der Waals surface area contributed by atoms with Gasteiger partial charge in [-0.1, -0.05) is 12.1 Å². The zero-order valence-corrected chi connectivity index (χ0v) is 18.7. The van der Waals surface area contributed by atoms with Crippen molar-refractivity contribution in [1.82, 2.24) is 15.2 Å². The molecule has 2 aromatic carbocycles. The molecule has 9 nitrogen and oxygen atoms in total. The van der Waals surface area contributed by atoms with Gasteiger partial charge in [0.15, 0.2) is 5.58 Å². The van der Waals surface area contributed by atoms with Gasteiger partial charge in [-0.3, -0.25) is 9.36 Å². The van der Waals surface area contributed by atoms with E-state index in [0.717, 1.165) is 35.0 Å². The van der Waals surface area contributed by atoms with Crippen LogP contribution in [0.3, 0.4) is 0 Å². The lowest BCUT2D eigenvalue weighted by Gasteiger charge is -2.17. The van der Waals surface area contributed by atoms with Gasteiger partial charge in [0.05, 0.1) is 11.6 Å². The number of amides is 1. The van der Waals surface area contributed by atoms with Crippen molar-refractivity contribution in [3.63, 3.8) is 0 Å². The SMILES string of the molecule is Cn1c(=O)oc2ccc(-c3ccc4oc(CC(C#N)NC(=O)[C@@H]5CNCCCO5)cc4c3)cc21. The fraction of sp³-hybridized carbons (Fsp3) is 0.320. The molecule has 0 radical (unpaired) electrons. The van der Waals surface area contributed by atoms with Crippen LogP contribution < -0.4 is 16.4 Å². The summed E-state index contributed by atoms with van der Waals surface area (Å²) in [5.74, 6) is -0.0990. The number of nitrogens with one attached hydrogen (secondary N) is 2. The van der Waals surface area contributed by atoms with Crippen molar-refractivity contribution < 1.29 is 18.4 Å². The quantitative estimate of drug-likeness (QED) is 0.469. The number of aromatic nitrogens is 1. The number of rotatable bonds is 5. The smallest absolute Gasteiger partial charge is 0.419 e. The standard InChI is InChI=1S/C25H24N4O5/c1-29-20-11-16(4-6-22(20)34-25(29)31)15-3-5-21-17(9-15)10-19(33-21)12-18(13-26)28-24(30)23-14-27-7-2-8-32-23/h3-6,9-11,18,23,27H,2,7-8,12,14H2,1H3,(H,28,30)/t18?,23-/m0/s1. The second-order valence-corrected chi connectivity index (χ2v) is 8.39. The summed E-state index contributed by atoms with van der Waals surface area (Å²) in [6.45, 7) is 1.74. The molecule has 1 aliphatic heterocycles. The highest BCUT2D eigenvalue weighted by molar-refractivity contribution is 5.87. The highest BCUT2D eigenvalue weighted by atomic mass is 16.5. The maximum absolute atomic E-state index is 12.5. The molecule has 34 heavy (non-hydrogen) atoms. The summed E-state index contributed by atoms with van der Waals surface area (Å²) in [6.07, 6.45) is 0.485. The summed E-state index contributed by atoms with van der Waals surface area (Å²) in [5, 5.41) is 16.4. The maximum Gasteiger partial charge on any atom is 0.419 e. The Morgan fingerprint density at radius 2 is 2.00 bits per heavy atom. The predicted molar refractivity (Wildman–Crippen MR) is 125 cm³/mol. The Hall–Kier alpha value is -3.87. The topological polar surface area (TPSA) is 122 Å². The van der Waals surface area contributed by atoms with Gasteiger partial charge in [-0.2, -0.15) is 5.26 Å².